The summed E-state index contributed by atoms with van der Waals surface area (Å²) < 4.78 is 0. The summed E-state index contributed by atoms with van der Waals surface area (Å²) in [6.07, 6.45) is 7.49. The lowest BCUT2D eigenvalue weighted by Crippen LogP contribution is -1.92. The van der Waals surface area contributed by atoms with Crippen LogP contribution in [0.25, 0.3) is 0 Å². The summed E-state index contributed by atoms with van der Waals surface area (Å²) in [5, 5.41) is 2.37. The first-order chi connectivity index (χ1) is 7.92. The molecule has 1 amide bonds. The second kappa shape index (κ2) is 7.49. The van der Waals surface area contributed by atoms with Crippen molar-refractivity contribution in [3.63, 3.8) is 0 Å². The Balaban J connectivity index is 5.05. The van der Waals surface area contributed by atoms with Gasteiger partial charge in [0, 0.05) is 10.7 Å². The molecule has 0 aliphatic rings. The molecule has 0 bridgehead atoms. The lowest BCUT2D eigenvalue weighted by atomic mass is 10.0. The standard InChI is InChI=1S/C14H19NO2/c1-6-13(9-10(2)3)11(4)7-8-12(5)14(16)15-17/h6-9H,1-5H3/b11-7+,12-8+,13-6+. The van der Waals surface area contributed by atoms with Gasteiger partial charge in [0.2, 0.25) is 0 Å². The first-order valence-corrected chi connectivity index (χ1v) is 5.46. The third kappa shape index (κ3) is 5.76. The topological polar surface area (TPSA) is 46.5 Å². The smallest absolute Gasteiger partial charge is 0.264 e. The van der Waals surface area contributed by atoms with E-state index in [1.165, 1.54) is 5.57 Å². The zero-order chi connectivity index (χ0) is 13.4. The van der Waals surface area contributed by atoms with Gasteiger partial charge in [0.15, 0.2) is 0 Å². The number of carbonyl (C=O) groups is 1. The molecule has 92 valence electrons. The molecule has 3 heteroatoms. The predicted octanol–water partition coefficient (Wildman–Crippen LogP) is 4.08. The van der Waals surface area contributed by atoms with Gasteiger partial charge in [0.25, 0.3) is 0 Å². The van der Waals surface area contributed by atoms with E-state index in [1.54, 1.807) is 13.0 Å². The van der Waals surface area contributed by atoms with Crippen LogP contribution in [0, 0.1) is 4.91 Å². The van der Waals surface area contributed by atoms with E-state index in [9.17, 15) is 9.70 Å². The Hall–Kier alpha value is -1.77. The fourth-order valence-corrected chi connectivity index (χ4v) is 1.23. The fourth-order valence-electron chi connectivity index (χ4n) is 1.23. The minimum absolute atomic E-state index is 0.340. The lowest BCUT2D eigenvalue weighted by molar-refractivity contribution is -0.114. The average molecular weight is 233 g/mol. The van der Waals surface area contributed by atoms with E-state index in [0.29, 0.717) is 5.57 Å². The number of amides is 1. The third-order valence-corrected chi connectivity index (χ3v) is 2.21. The van der Waals surface area contributed by atoms with Crippen LogP contribution in [0.1, 0.15) is 34.6 Å². The summed E-state index contributed by atoms with van der Waals surface area (Å²) in [6.45, 7) is 9.54. The Morgan fingerprint density at radius 1 is 1.00 bits per heavy atom. The van der Waals surface area contributed by atoms with Crippen LogP contribution in [-0.4, -0.2) is 5.91 Å². The number of hydrogen-bond donors (Lipinski definition) is 0. The molecular formula is C14H19NO2. The molecule has 0 saturated carbocycles. The van der Waals surface area contributed by atoms with Crippen molar-refractivity contribution in [2.24, 2.45) is 5.18 Å². The second-order valence-electron chi connectivity index (χ2n) is 4.06. The van der Waals surface area contributed by atoms with Crippen LogP contribution in [0.3, 0.4) is 0 Å². The van der Waals surface area contributed by atoms with E-state index in [0.717, 1.165) is 11.1 Å². The number of hydrogen-bond acceptors (Lipinski definition) is 2. The van der Waals surface area contributed by atoms with Crippen LogP contribution in [0.15, 0.2) is 51.8 Å². The molecule has 0 saturated heterocycles. The van der Waals surface area contributed by atoms with Crippen LogP contribution >= 0.6 is 0 Å². The second-order valence-corrected chi connectivity index (χ2v) is 4.06. The molecule has 0 fully saturated rings. The Labute approximate surface area is 103 Å². The van der Waals surface area contributed by atoms with Crippen LogP contribution in [0.5, 0.6) is 0 Å². The highest BCUT2D eigenvalue weighted by Gasteiger charge is 2.01. The molecule has 0 N–H and O–H groups in total. The highest BCUT2D eigenvalue weighted by molar-refractivity contribution is 5.93. The number of carbonyl (C=O) groups excluding carboxylic acids is 1. The number of nitrogens with zero attached hydrogens (tertiary/aromatic N) is 1. The zero-order valence-electron chi connectivity index (χ0n) is 11.1. The van der Waals surface area contributed by atoms with E-state index in [1.807, 2.05) is 39.8 Å². The van der Waals surface area contributed by atoms with Crippen LogP contribution in [-0.2, 0) is 4.79 Å². The average Bonchev–Trinajstić information content (AvgIpc) is 2.30. The van der Waals surface area contributed by atoms with E-state index in [4.69, 9.17) is 0 Å². The lowest BCUT2D eigenvalue weighted by Gasteiger charge is -2.02. The zero-order valence-corrected chi connectivity index (χ0v) is 11.1. The first kappa shape index (κ1) is 15.2. The number of allylic oxidation sites excluding steroid dienone is 7. The first-order valence-electron chi connectivity index (χ1n) is 5.46. The maximum Gasteiger partial charge on any atom is 0.312 e. The summed E-state index contributed by atoms with van der Waals surface area (Å²) in [7, 11) is 0. The quantitative estimate of drug-likeness (QED) is 0.417. The van der Waals surface area contributed by atoms with Crippen molar-refractivity contribution in [1.29, 1.82) is 0 Å². The van der Waals surface area contributed by atoms with E-state index in [-0.39, 0.29) is 0 Å². The third-order valence-electron chi connectivity index (χ3n) is 2.21. The molecule has 0 aliphatic heterocycles. The van der Waals surface area contributed by atoms with Gasteiger partial charge in [0.1, 0.15) is 0 Å². The minimum Gasteiger partial charge on any atom is -0.264 e. The Bertz CT molecular complexity index is 420. The molecule has 0 aromatic carbocycles. The summed E-state index contributed by atoms with van der Waals surface area (Å²) in [5.74, 6) is -0.724. The van der Waals surface area contributed by atoms with E-state index in [2.05, 4.69) is 11.3 Å². The van der Waals surface area contributed by atoms with Gasteiger partial charge in [-0.2, -0.15) is 0 Å². The highest BCUT2D eigenvalue weighted by Crippen LogP contribution is 2.13. The van der Waals surface area contributed by atoms with Crippen LogP contribution in [0.2, 0.25) is 0 Å². The Morgan fingerprint density at radius 2 is 1.53 bits per heavy atom. The van der Waals surface area contributed by atoms with Gasteiger partial charge < -0.3 is 0 Å². The molecule has 0 atom stereocenters. The molecule has 0 unspecified atom stereocenters. The van der Waals surface area contributed by atoms with E-state index < -0.39 is 5.91 Å². The molecule has 17 heavy (non-hydrogen) atoms. The Morgan fingerprint density at radius 3 is 1.94 bits per heavy atom. The maximum absolute atomic E-state index is 10.9. The molecule has 0 heterocycles. The molecule has 0 rings (SSSR count). The Kier molecular flexibility index (Phi) is 6.71. The van der Waals surface area contributed by atoms with Gasteiger partial charge in [0.05, 0.1) is 0 Å². The molecule has 0 spiro atoms. The molecule has 0 aromatic rings. The van der Waals surface area contributed by atoms with Gasteiger partial charge in [-0.05, 0) is 45.8 Å². The largest absolute Gasteiger partial charge is 0.312 e. The number of nitroso groups, excluding NO2 is 1. The van der Waals surface area contributed by atoms with E-state index >= 15 is 0 Å². The summed E-state index contributed by atoms with van der Waals surface area (Å²) >= 11 is 0. The highest BCUT2D eigenvalue weighted by atomic mass is 16.3. The van der Waals surface area contributed by atoms with Gasteiger partial charge in [-0.1, -0.05) is 29.9 Å². The van der Waals surface area contributed by atoms with Crippen LogP contribution < -0.4 is 0 Å². The van der Waals surface area contributed by atoms with Gasteiger partial charge in [-0.25, -0.2) is 0 Å². The minimum atomic E-state index is -0.724. The van der Waals surface area contributed by atoms with Gasteiger partial charge in [-0.15, -0.1) is 4.91 Å². The monoisotopic (exact) mass is 233 g/mol. The maximum atomic E-state index is 10.9. The molecule has 3 nitrogen and oxygen atoms in total. The number of rotatable bonds is 4. The van der Waals surface area contributed by atoms with Crippen molar-refractivity contribution in [1.82, 2.24) is 0 Å². The summed E-state index contributed by atoms with van der Waals surface area (Å²) in [6, 6.07) is 0. The fraction of sp³-hybridized carbons (Fsp3) is 0.357. The van der Waals surface area contributed by atoms with Crippen molar-refractivity contribution in [2.75, 3.05) is 0 Å². The molecule has 0 radical (unpaired) electrons. The molecular weight excluding hydrogens is 214 g/mol. The van der Waals surface area contributed by atoms with Gasteiger partial charge in [-0.3, -0.25) is 4.79 Å². The van der Waals surface area contributed by atoms with Crippen molar-refractivity contribution in [2.45, 2.75) is 34.6 Å². The SMILES string of the molecule is C/C=C(C=C(C)C)/C(C)=C/C=C(\C)C(=O)N=O. The molecule has 0 aliphatic carbocycles. The summed E-state index contributed by atoms with van der Waals surface area (Å²) in [4.78, 5) is 21.0. The van der Waals surface area contributed by atoms with Crippen LogP contribution in [0.4, 0.5) is 0 Å². The van der Waals surface area contributed by atoms with Crippen molar-refractivity contribution in [3.8, 4) is 0 Å². The van der Waals surface area contributed by atoms with Crippen molar-refractivity contribution < 1.29 is 4.79 Å². The van der Waals surface area contributed by atoms with Gasteiger partial charge >= 0.3 is 5.91 Å². The van der Waals surface area contributed by atoms with Crippen molar-refractivity contribution in [3.05, 3.63) is 51.5 Å². The van der Waals surface area contributed by atoms with Crippen molar-refractivity contribution >= 4 is 5.91 Å². The molecule has 0 aromatic heterocycles. The normalized spacial score (nSPS) is 13.4. The predicted molar refractivity (Wildman–Crippen MR) is 71.5 cm³/mol. The summed E-state index contributed by atoms with van der Waals surface area (Å²) in [5.41, 5.74) is 3.68.